The number of phenols is 1. The highest BCUT2D eigenvalue weighted by molar-refractivity contribution is 5.94. The first kappa shape index (κ1) is 22.7. The van der Waals surface area contributed by atoms with E-state index in [1.807, 2.05) is 68.4 Å². The molecular weight excluding hydrogens is 416 g/mol. The average molecular weight is 447 g/mol. The summed E-state index contributed by atoms with van der Waals surface area (Å²) in [6.07, 6.45) is 0. The Kier molecular flexibility index (Phi) is 7.15. The molecule has 33 heavy (non-hydrogen) atoms. The molecule has 0 radical (unpaired) electrons. The SMILES string of the molecule is CCOc1cc(CN2CCOc3ccc(C(=O)NCc4ccc(C)cc4)cc3C2)ccc1O. The van der Waals surface area contributed by atoms with Crippen LogP contribution in [0.4, 0.5) is 0 Å². The van der Waals surface area contributed by atoms with Crippen molar-refractivity contribution >= 4 is 5.91 Å². The Bertz CT molecular complexity index is 1110. The number of ether oxygens (including phenoxy) is 2. The third-order valence-corrected chi connectivity index (χ3v) is 5.69. The minimum absolute atomic E-state index is 0.103. The van der Waals surface area contributed by atoms with Crippen LogP contribution in [0.2, 0.25) is 0 Å². The van der Waals surface area contributed by atoms with E-state index in [2.05, 4.69) is 10.2 Å². The number of nitrogens with zero attached hydrogens (tertiary/aromatic N) is 1. The number of phenolic OH excluding ortho intramolecular Hbond substituents is 1. The summed E-state index contributed by atoms with van der Waals surface area (Å²) in [6, 6.07) is 19.2. The van der Waals surface area contributed by atoms with E-state index in [-0.39, 0.29) is 11.7 Å². The van der Waals surface area contributed by atoms with Crippen molar-refractivity contribution in [3.05, 3.63) is 88.5 Å². The Hall–Kier alpha value is -3.51. The fourth-order valence-electron chi connectivity index (χ4n) is 3.90. The molecule has 0 spiro atoms. The van der Waals surface area contributed by atoms with Crippen molar-refractivity contribution in [2.45, 2.75) is 33.5 Å². The van der Waals surface area contributed by atoms with Crippen LogP contribution >= 0.6 is 0 Å². The number of nitrogens with one attached hydrogen (secondary N) is 1. The first-order valence-corrected chi connectivity index (χ1v) is 11.3. The minimum atomic E-state index is -0.103. The molecule has 172 valence electrons. The number of fused-ring (bicyclic) bond motifs is 1. The summed E-state index contributed by atoms with van der Waals surface area (Å²) in [7, 11) is 0. The van der Waals surface area contributed by atoms with Crippen molar-refractivity contribution < 1.29 is 19.4 Å². The molecule has 2 N–H and O–H groups in total. The van der Waals surface area contributed by atoms with E-state index in [4.69, 9.17) is 9.47 Å². The van der Waals surface area contributed by atoms with Gasteiger partial charge in [0.05, 0.1) is 6.61 Å². The van der Waals surface area contributed by atoms with Gasteiger partial charge in [-0.3, -0.25) is 9.69 Å². The number of benzene rings is 3. The molecule has 3 aromatic rings. The van der Waals surface area contributed by atoms with E-state index in [0.29, 0.717) is 44.2 Å². The molecule has 0 bridgehead atoms. The third kappa shape index (κ3) is 5.84. The van der Waals surface area contributed by atoms with E-state index in [0.717, 1.165) is 29.0 Å². The zero-order valence-corrected chi connectivity index (χ0v) is 19.1. The number of carbonyl (C=O) groups is 1. The molecule has 0 fully saturated rings. The number of hydrogen-bond acceptors (Lipinski definition) is 5. The van der Waals surface area contributed by atoms with Crippen LogP contribution in [0.5, 0.6) is 17.2 Å². The second-order valence-electron chi connectivity index (χ2n) is 8.28. The lowest BCUT2D eigenvalue weighted by molar-refractivity contribution is 0.0950. The Morgan fingerprint density at radius 2 is 1.88 bits per heavy atom. The van der Waals surface area contributed by atoms with Crippen molar-refractivity contribution in [1.29, 1.82) is 0 Å². The molecule has 1 aliphatic heterocycles. The van der Waals surface area contributed by atoms with E-state index >= 15 is 0 Å². The van der Waals surface area contributed by atoms with Crippen molar-refractivity contribution in [2.75, 3.05) is 19.8 Å². The predicted octanol–water partition coefficient (Wildman–Crippen LogP) is 4.42. The maximum atomic E-state index is 12.8. The van der Waals surface area contributed by atoms with Crippen LogP contribution in [-0.2, 0) is 19.6 Å². The number of aromatic hydroxyl groups is 1. The molecule has 0 saturated heterocycles. The molecule has 0 aromatic heterocycles. The van der Waals surface area contributed by atoms with Crippen LogP contribution in [-0.4, -0.2) is 35.7 Å². The van der Waals surface area contributed by atoms with Crippen LogP contribution in [0, 0.1) is 6.92 Å². The molecular formula is C27H30N2O4. The van der Waals surface area contributed by atoms with Crippen molar-refractivity contribution in [3.63, 3.8) is 0 Å². The van der Waals surface area contributed by atoms with E-state index in [1.165, 1.54) is 5.56 Å². The van der Waals surface area contributed by atoms with Gasteiger partial charge in [0.25, 0.3) is 5.91 Å². The Balaban J connectivity index is 1.44. The van der Waals surface area contributed by atoms with Crippen molar-refractivity contribution in [1.82, 2.24) is 10.2 Å². The van der Waals surface area contributed by atoms with Gasteiger partial charge in [-0.05, 0) is 55.3 Å². The summed E-state index contributed by atoms with van der Waals surface area (Å²) < 4.78 is 11.4. The second kappa shape index (κ2) is 10.4. The average Bonchev–Trinajstić information content (AvgIpc) is 3.02. The maximum absolute atomic E-state index is 12.8. The highest BCUT2D eigenvalue weighted by atomic mass is 16.5. The van der Waals surface area contributed by atoms with E-state index < -0.39 is 0 Å². The van der Waals surface area contributed by atoms with Gasteiger partial charge in [-0.1, -0.05) is 35.9 Å². The fourth-order valence-corrected chi connectivity index (χ4v) is 3.90. The molecule has 4 rings (SSSR count). The van der Waals surface area contributed by atoms with Crippen LogP contribution in [0.1, 0.15) is 39.5 Å². The molecule has 0 unspecified atom stereocenters. The lowest BCUT2D eigenvalue weighted by Gasteiger charge is -2.20. The summed E-state index contributed by atoms with van der Waals surface area (Å²) >= 11 is 0. The lowest BCUT2D eigenvalue weighted by Crippen LogP contribution is -2.25. The van der Waals surface area contributed by atoms with Gasteiger partial charge in [0.15, 0.2) is 11.5 Å². The molecule has 6 heteroatoms. The normalized spacial score (nSPS) is 13.5. The summed E-state index contributed by atoms with van der Waals surface area (Å²) in [5.74, 6) is 1.35. The lowest BCUT2D eigenvalue weighted by atomic mass is 10.1. The topological polar surface area (TPSA) is 71.0 Å². The number of amides is 1. The van der Waals surface area contributed by atoms with Crippen molar-refractivity contribution in [2.24, 2.45) is 0 Å². The molecule has 6 nitrogen and oxygen atoms in total. The molecule has 3 aromatic carbocycles. The number of hydrogen-bond donors (Lipinski definition) is 2. The zero-order chi connectivity index (χ0) is 23.2. The Morgan fingerprint density at radius 3 is 2.67 bits per heavy atom. The molecule has 0 atom stereocenters. The summed E-state index contributed by atoms with van der Waals surface area (Å²) in [5.41, 5.74) is 4.92. The zero-order valence-electron chi connectivity index (χ0n) is 19.1. The van der Waals surface area contributed by atoms with Crippen LogP contribution in [0.15, 0.2) is 60.7 Å². The molecule has 1 heterocycles. The van der Waals surface area contributed by atoms with Gasteiger partial charge in [-0.25, -0.2) is 0 Å². The van der Waals surface area contributed by atoms with E-state index in [9.17, 15) is 9.90 Å². The van der Waals surface area contributed by atoms with Gasteiger partial charge in [0.1, 0.15) is 12.4 Å². The highest BCUT2D eigenvalue weighted by Crippen LogP contribution is 2.29. The first-order chi connectivity index (χ1) is 16.0. The standard InChI is InChI=1S/C27H30N2O4/c1-3-32-26-14-21(8-10-24(26)30)17-29-12-13-33-25-11-9-22(15-23(25)18-29)27(31)28-16-20-6-4-19(2)5-7-20/h4-11,14-15,30H,3,12-13,16-18H2,1-2H3,(H,28,31). The smallest absolute Gasteiger partial charge is 0.251 e. The second-order valence-corrected chi connectivity index (χ2v) is 8.28. The van der Waals surface area contributed by atoms with Gasteiger partial charge in [-0.2, -0.15) is 0 Å². The van der Waals surface area contributed by atoms with Crippen LogP contribution in [0.3, 0.4) is 0 Å². The quantitative estimate of drug-likeness (QED) is 0.562. The summed E-state index contributed by atoms with van der Waals surface area (Å²) in [4.78, 5) is 15.0. The number of carbonyl (C=O) groups excluding carboxylic acids is 1. The van der Waals surface area contributed by atoms with Crippen molar-refractivity contribution in [3.8, 4) is 17.2 Å². The summed E-state index contributed by atoms with van der Waals surface area (Å²) in [5, 5.41) is 13.0. The third-order valence-electron chi connectivity index (χ3n) is 5.69. The first-order valence-electron chi connectivity index (χ1n) is 11.3. The van der Waals surface area contributed by atoms with Gasteiger partial charge in [-0.15, -0.1) is 0 Å². The largest absolute Gasteiger partial charge is 0.504 e. The fraction of sp³-hybridized carbons (Fsp3) is 0.296. The number of rotatable bonds is 7. The number of aryl methyl sites for hydroxylation is 1. The van der Waals surface area contributed by atoms with Gasteiger partial charge >= 0.3 is 0 Å². The molecule has 0 saturated carbocycles. The predicted molar refractivity (Wildman–Crippen MR) is 128 cm³/mol. The van der Waals surface area contributed by atoms with Gasteiger partial charge in [0.2, 0.25) is 0 Å². The maximum Gasteiger partial charge on any atom is 0.251 e. The highest BCUT2D eigenvalue weighted by Gasteiger charge is 2.18. The van der Waals surface area contributed by atoms with Crippen LogP contribution in [0.25, 0.3) is 0 Å². The van der Waals surface area contributed by atoms with E-state index in [1.54, 1.807) is 6.07 Å². The molecule has 0 aliphatic carbocycles. The molecule has 1 aliphatic rings. The monoisotopic (exact) mass is 446 g/mol. The minimum Gasteiger partial charge on any atom is -0.504 e. The van der Waals surface area contributed by atoms with Gasteiger partial charge < -0.3 is 19.9 Å². The molecule has 1 amide bonds. The Labute approximate surface area is 194 Å². The Morgan fingerprint density at radius 1 is 1.09 bits per heavy atom. The van der Waals surface area contributed by atoms with Gasteiger partial charge in [0, 0.05) is 37.3 Å². The van der Waals surface area contributed by atoms with Crippen LogP contribution < -0.4 is 14.8 Å². The summed E-state index contributed by atoms with van der Waals surface area (Å²) in [6.45, 7) is 7.61.